The molecule has 2 aromatic rings. The number of ether oxygens (including phenoxy) is 2. The van der Waals surface area contributed by atoms with Gasteiger partial charge in [-0.1, -0.05) is 6.07 Å². The van der Waals surface area contributed by atoms with Crippen LogP contribution >= 0.6 is 0 Å². The van der Waals surface area contributed by atoms with Crippen molar-refractivity contribution in [1.82, 2.24) is 0 Å². The maximum Gasteiger partial charge on any atom is 0.416 e. The molecule has 1 aliphatic rings. The maximum absolute atomic E-state index is 12.9. The van der Waals surface area contributed by atoms with Gasteiger partial charge in [0.15, 0.2) is 11.5 Å². The number of hydrogen-bond acceptors (Lipinski definition) is 5. The number of sulfonamides is 1. The van der Waals surface area contributed by atoms with Crippen molar-refractivity contribution in [2.45, 2.75) is 6.18 Å². The SMILES string of the molecule is CS(=O)(=O)N(CC(=O)Nc1ccc2c(c1)OCO2)c1cccc(C(F)(F)F)c1. The molecule has 1 aliphatic heterocycles. The molecule has 0 atom stereocenters. The van der Waals surface area contributed by atoms with E-state index in [1.54, 1.807) is 6.07 Å². The van der Waals surface area contributed by atoms with Crippen molar-refractivity contribution in [3.8, 4) is 11.5 Å². The van der Waals surface area contributed by atoms with E-state index < -0.39 is 34.2 Å². The summed E-state index contributed by atoms with van der Waals surface area (Å²) in [6.45, 7) is -0.654. The lowest BCUT2D eigenvalue weighted by molar-refractivity contribution is -0.137. The van der Waals surface area contributed by atoms with Crippen molar-refractivity contribution < 1.29 is 35.9 Å². The van der Waals surface area contributed by atoms with E-state index in [4.69, 9.17) is 9.47 Å². The molecule has 7 nitrogen and oxygen atoms in total. The van der Waals surface area contributed by atoms with Crippen molar-refractivity contribution in [2.24, 2.45) is 0 Å². The summed E-state index contributed by atoms with van der Waals surface area (Å²) in [4.78, 5) is 12.3. The molecule has 0 saturated heterocycles. The number of benzene rings is 2. The third kappa shape index (κ3) is 4.47. The smallest absolute Gasteiger partial charge is 0.416 e. The first kappa shape index (κ1) is 19.8. The largest absolute Gasteiger partial charge is 0.454 e. The second-order valence-electron chi connectivity index (χ2n) is 5.93. The molecule has 0 aromatic heterocycles. The molecule has 1 N–H and O–H groups in total. The summed E-state index contributed by atoms with van der Waals surface area (Å²) in [5, 5.41) is 2.49. The summed E-state index contributed by atoms with van der Waals surface area (Å²) in [5.41, 5.74) is -0.959. The fraction of sp³-hybridized carbons (Fsp3) is 0.235. The highest BCUT2D eigenvalue weighted by Crippen LogP contribution is 2.34. The Bertz CT molecular complexity index is 1010. The Morgan fingerprint density at radius 3 is 2.54 bits per heavy atom. The molecule has 0 unspecified atom stereocenters. The molecule has 1 amide bonds. The van der Waals surface area contributed by atoms with Crippen LogP contribution in [-0.4, -0.2) is 33.9 Å². The van der Waals surface area contributed by atoms with E-state index in [2.05, 4.69) is 5.32 Å². The van der Waals surface area contributed by atoms with Gasteiger partial charge >= 0.3 is 6.18 Å². The van der Waals surface area contributed by atoms with Gasteiger partial charge in [-0.05, 0) is 30.3 Å². The van der Waals surface area contributed by atoms with Crippen LogP contribution in [-0.2, 0) is 21.0 Å². The maximum atomic E-state index is 12.9. The molecule has 0 spiro atoms. The van der Waals surface area contributed by atoms with E-state index >= 15 is 0 Å². The van der Waals surface area contributed by atoms with E-state index in [0.717, 1.165) is 18.4 Å². The van der Waals surface area contributed by atoms with Crippen LogP contribution in [0, 0.1) is 0 Å². The Hall–Kier alpha value is -2.95. The Kier molecular flexibility index (Phi) is 5.11. The zero-order valence-electron chi connectivity index (χ0n) is 14.5. The van der Waals surface area contributed by atoms with Crippen molar-refractivity contribution in [2.75, 3.05) is 29.2 Å². The minimum absolute atomic E-state index is 0.0458. The molecule has 0 radical (unpaired) electrons. The third-order valence-corrected chi connectivity index (χ3v) is 4.95. The number of carbonyl (C=O) groups excluding carboxylic acids is 1. The summed E-state index contributed by atoms with van der Waals surface area (Å²) >= 11 is 0. The molecule has 2 aromatic carbocycles. The van der Waals surface area contributed by atoms with Crippen LogP contribution < -0.4 is 19.1 Å². The van der Waals surface area contributed by atoms with Crippen LogP contribution in [0.4, 0.5) is 24.5 Å². The van der Waals surface area contributed by atoms with Crippen LogP contribution in [0.1, 0.15) is 5.56 Å². The fourth-order valence-electron chi connectivity index (χ4n) is 2.54. The first-order valence-corrected chi connectivity index (χ1v) is 9.73. The minimum Gasteiger partial charge on any atom is -0.454 e. The highest BCUT2D eigenvalue weighted by Gasteiger charge is 2.32. The Morgan fingerprint density at radius 1 is 1.14 bits per heavy atom. The van der Waals surface area contributed by atoms with Crippen molar-refractivity contribution in [3.05, 3.63) is 48.0 Å². The first-order valence-electron chi connectivity index (χ1n) is 7.88. The fourth-order valence-corrected chi connectivity index (χ4v) is 3.39. The van der Waals surface area contributed by atoms with Gasteiger partial charge < -0.3 is 14.8 Å². The van der Waals surface area contributed by atoms with E-state index in [-0.39, 0.29) is 12.5 Å². The van der Waals surface area contributed by atoms with Gasteiger partial charge in [0.2, 0.25) is 22.7 Å². The van der Waals surface area contributed by atoms with Crippen molar-refractivity contribution in [3.63, 3.8) is 0 Å². The van der Waals surface area contributed by atoms with Crippen molar-refractivity contribution in [1.29, 1.82) is 0 Å². The molecule has 1 heterocycles. The lowest BCUT2D eigenvalue weighted by atomic mass is 10.2. The lowest BCUT2D eigenvalue weighted by Gasteiger charge is -2.22. The number of alkyl halides is 3. The van der Waals surface area contributed by atoms with Crippen LogP contribution in [0.2, 0.25) is 0 Å². The summed E-state index contributed by atoms with van der Waals surface area (Å²) < 4.78 is 73.8. The van der Waals surface area contributed by atoms with E-state index in [9.17, 15) is 26.4 Å². The second-order valence-corrected chi connectivity index (χ2v) is 7.84. The number of rotatable bonds is 5. The quantitative estimate of drug-likeness (QED) is 0.810. The van der Waals surface area contributed by atoms with Gasteiger partial charge in [0.05, 0.1) is 17.5 Å². The summed E-state index contributed by atoms with van der Waals surface area (Å²) in [6, 6.07) is 8.34. The van der Waals surface area contributed by atoms with Gasteiger partial charge in [-0.2, -0.15) is 13.2 Å². The van der Waals surface area contributed by atoms with Gasteiger partial charge in [0.1, 0.15) is 6.54 Å². The molecule has 28 heavy (non-hydrogen) atoms. The Morgan fingerprint density at radius 2 is 1.86 bits per heavy atom. The summed E-state index contributed by atoms with van der Waals surface area (Å²) in [6.07, 6.45) is -3.84. The monoisotopic (exact) mass is 416 g/mol. The number of hydrogen-bond donors (Lipinski definition) is 1. The standard InChI is InChI=1S/C17H15F3N2O5S/c1-28(24,25)22(13-4-2-3-11(7-13)17(18,19)20)9-16(23)21-12-5-6-14-15(8-12)27-10-26-14/h2-8H,9-10H2,1H3,(H,21,23). The van der Waals surface area contributed by atoms with Gasteiger partial charge in [-0.3, -0.25) is 9.10 Å². The van der Waals surface area contributed by atoms with Gasteiger partial charge in [0, 0.05) is 11.8 Å². The Labute approximate surface area is 158 Å². The predicted molar refractivity (Wildman–Crippen MR) is 94.8 cm³/mol. The first-order chi connectivity index (χ1) is 13.0. The number of carbonyl (C=O) groups is 1. The zero-order chi connectivity index (χ0) is 20.5. The van der Waals surface area contributed by atoms with Crippen LogP contribution in [0.15, 0.2) is 42.5 Å². The summed E-state index contributed by atoms with van der Waals surface area (Å²) in [5.74, 6) is 0.178. The molecular formula is C17H15F3N2O5S. The number of amides is 1. The molecular weight excluding hydrogens is 401 g/mol. The second kappa shape index (κ2) is 7.23. The average molecular weight is 416 g/mol. The molecule has 0 saturated carbocycles. The normalized spacial score (nSPS) is 13.3. The van der Waals surface area contributed by atoms with Crippen LogP contribution in [0.25, 0.3) is 0 Å². The average Bonchev–Trinajstić information content (AvgIpc) is 3.06. The number of nitrogens with one attached hydrogen (secondary N) is 1. The lowest BCUT2D eigenvalue weighted by Crippen LogP contribution is -2.37. The number of halogens is 3. The van der Waals surface area contributed by atoms with Crippen LogP contribution in [0.3, 0.4) is 0 Å². The predicted octanol–water partition coefficient (Wildman–Crippen LogP) is 2.84. The highest BCUT2D eigenvalue weighted by molar-refractivity contribution is 7.92. The zero-order valence-corrected chi connectivity index (χ0v) is 15.3. The molecule has 0 aliphatic carbocycles. The number of nitrogens with zero attached hydrogens (tertiary/aromatic N) is 1. The van der Waals surface area contributed by atoms with Crippen LogP contribution in [0.5, 0.6) is 11.5 Å². The minimum atomic E-state index is -4.64. The van der Waals surface area contributed by atoms with E-state index in [1.807, 2.05) is 0 Å². The highest BCUT2D eigenvalue weighted by atomic mass is 32.2. The van der Waals surface area contributed by atoms with Gasteiger partial charge in [-0.15, -0.1) is 0 Å². The van der Waals surface area contributed by atoms with E-state index in [1.165, 1.54) is 18.2 Å². The third-order valence-electron chi connectivity index (χ3n) is 3.81. The molecule has 3 rings (SSSR count). The van der Waals surface area contributed by atoms with Gasteiger partial charge in [0.25, 0.3) is 0 Å². The summed E-state index contributed by atoms with van der Waals surface area (Å²) in [7, 11) is -4.02. The number of anilines is 2. The van der Waals surface area contributed by atoms with Crippen molar-refractivity contribution >= 4 is 27.3 Å². The number of fused-ring (bicyclic) bond motifs is 1. The topological polar surface area (TPSA) is 84.9 Å². The molecule has 0 bridgehead atoms. The molecule has 11 heteroatoms. The van der Waals surface area contributed by atoms with E-state index in [0.29, 0.717) is 27.6 Å². The van der Waals surface area contributed by atoms with Gasteiger partial charge in [-0.25, -0.2) is 8.42 Å². The molecule has 0 fully saturated rings. The molecule has 150 valence electrons. The Balaban J connectivity index is 1.81.